The first kappa shape index (κ1) is 23.0. The SMILES string of the molecule is Cc1cc(/C=C2\C(=O)NC(=O)N(c3ccc(Cl)c(Cl)c3)C2=O)c(C)n1-c1ccc(F)c(Cl)c1. The quantitative estimate of drug-likeness (QED) is 0.357. The summed E-state index contributed by atoms with van der Waals surface area (Å²) in [5, 5.41) is 2.54. The van der Waals surface area contributed by atoms with Crippen LogP contribution < -0.4 is 10.2 Å². The van der Waals surface area contributed by atoms with Crippen LogP contribution >= 0.6 is 34.8 Å². The van der Waals surface area contributed by atoms with E-state index in [4.69, 9.17) is 34.8 Å². The highest BCUT2D eigenvalue weighted by atomic mass is 35.5. The average molecular weight is 507 g/mol. The number of imide groups is 2. The van der Waals surface area contributed by atoms with Gasteiger partial charge >= 0.3 is 6.03 Å². The molecule has 2 heterocycles. The van der Waals surface area contributed by atoms with Crippen LogP contribution in [0.4, 0.5) is 14.9 Å². The number of carbonyl (C=O) groups is 3. The molecule has 4 rings (SSSR count). The minimum atomic E-state index is -0.896. The van der Waals surface area contributed by atoms with Crippen molar-refractivity contribution in [3.63, 3.8) is 0 Å². The zero-order chi connectivity index (χ0) is 24.0. The molecule has 0 aliphatic carbocycles. The largest absolute Gasteiger partial charge is 0.335 e. The molecule has 168 valence electrons. The second-order valence-electron chi connectivity index (χ2n) is 7.32. The van der Waals surface area contributed by atoms with E-state index in [9.17, 15) is 18.8 Å². The van der Waals surface area contributed by atoms with Crippen molar-refractivity contribution >= 4 is 64.4 Å². The van der Waals surface area contributed by atoms with Gasteiger partial charge in [0.05, 0.1) is 20.8 Å². The van der Waals surface area contributed by atoms with Gasteiger partial charge in [0.1, 0.15) is 11.4 Å². The van der Waals surface area contributed by atoms with Crippen molar-refractivity contribution in [2.45, 2.75) is 13.8 Å². The molecule has 4 amide bonds. The maximum absolute atomic E-state index is 13.6. The van der Waals surface area contributed by atoms with E-state index >= 15 is 0 Å². The summed E-state index contributed by atoms with van der Waals surface area (Å²) in [7, 11) is 0. The number of halogens is 4. The van der Waals surface area contributed by atoms with Crippen LogP contribution in [0.25, 0.3) is 11.8 Å². The van der Waals surface area contributed by atoms with Gasteiger partial charge < -0.3 is 4.57 Å². The van der Waals surface area contributed by atoms with Crippen LogP contribution in [0.2, 0.25) is 15.1 Å². The van der Waals surface area contributed by atoms with E-state index < -0.39 is 23.7 Å². The molecular weight excluding hydrogens is 492 g/mol. The van der Waals surface area contributed by atoms with Crippen LogP contribution in [0.3, 0.4) is 0 Å². The minimum absolute atomic E-state index is 0.0301. The number of anilines is 1. The Kier molecular flexibility index (Phi) is 6.05. The zero-order valence-corrected chi connectivity index (χ0v) is 19.5. The number of barbiturate groups is 1. The van der Waals surface area contributed by atoms with Crippen LogP contribution in [0.1, 0.15) is 17.0 Å². The summed E-state index contributed by atoms with van der Waals surface area (Å²) in [6.45, 7) is 3.60. The minimum Gasteiger partial charge on any atom is -0.318 e. The summed E-state index contributed by atoms with van der Waals surface area (Å²) < 4.78 is 15.4. The Morgan fingerprint density at radius 2 is 1.55 bits per heavy atom. The second kappa shape index (κ2) is 8.67. The third-order valence-corrected chi connectivity index (χ3v) is 6.22. The highest BCUT2D eigenvalue weighted by Crippen LogP contribution is 2.30. The molecule has 0 radical (unpaired) electrons. The summed E-state index contributed by atoms with van der Waals surface area (Å²) >= 11 is 17.9. The normalized spacial score (nSPS) is 15.4. The first-order valence-corrected chi connectivity index (χ1v) is 10.7. The molecule has 2 aromatic carbocycles. The van der Waals surface area contributed by atoms with Gasteiger partial charge in [-0.3, -0.25) is 14.9 Å². The van der Waals surface area contributed by atoms with Gasteiger partial charge in [0.15, 0.2) is 0 Å². The highest BCUT2D eigenvalue weighted by molar-refractivity contribution is 6.43. The molecule has 0 bridgehead atoms. The number of hydrogen-bond donors (Lipinski definition) is 1. The van der Waals surface area contributed by atoms with Crippen LogP contribution in [-0.4, -0.2) is 22.4 Å². The Balaban J connectivity index is 1.77. The fourth-order valence-electron chi connectivity index (χ4n) is 3.63. The van der Waals surface area contributed by atoms with E-state index in [1.807, 2.05) is 11.5 Å². The molecular formula is C23H15Cl3FN3O3. The van der Waals surface area contributed by atoms with E-state index in [2.05, 4.69) is 5.32 Å². The summed E-state index contributed by atoms with van der Waals surface area (Å²) in [5.41, 5.74) is 2.56. The lowest BCUT2D eigenvalue weighted by Gasteiger charge is -2.26. The number of nitrogens with one attached hydrogen (secondary N) is 1. The molecule has 1 N–H and O–H groups in total. The molecule has 1 saturated heterocycles. The number of benzene rings is 2. The van der Waals surface area contributed by atoms with Crippen molar-refractivity contribution in [1.29, 1.82) is 0 Å². The monoisotopic (exact) mass is 505 g/mol. The molecule has 1 aliphatic heterocycles. The van der Waals surface area contributed by atoms with E-state index in [0.29, 0.717) is 16.9 Å². The molecule has 0 atom stereocenters. The van der Waals surface area contributed by atoms with Crippen LogP contribution in [0, 0.1) is 19.7 Å². The first-order valence-electron chi connectivity index (χ1n) is 9.59. The fourth-order valence-corrected chi connectivity index (χ4v) is 4.09. The Morgan fingerprint density at radius 1 is 0.879 bits per heavy atom. The molecule has 1 aliphatic rings. The van der Waals surface area contributed by atoms with E-state index in [-0.39, 0.29) is 26.3 Å². The van der Waals surface area contributed by atoms with E-state index in [0.717, 1.165) is 10.6 Å². The molecule has 6 nitrogen and oxygen atoms in total. The Bertz CT molecular complexity index is 1380. The molecule has 0 spiro atoms. The standard InChI is InChI=1S/C23H15Cl3FN3O3/c1-11-7-13(12(2)29(11)14-4-6-20(27)19(26)10-14)8-16-21(31)28-23(33)30(22(16)32)15-3-5-17(24)18(25)9-15/h3-10H,1-2H3,(H,28,31,33)/b16-8+. The highest BCUT2D eigenvalue weighted by Gasteiger charge is 2.37. The van der Waals surface area contributed by atoms with Gasteiger partial charge in [0.2, 0.25) is 0 Å². The maximum atomic E-state index is 13.6. The van der Waals surface area contributed by atoms with Gasteiger partial charge in [-0.15, -0.1) is 0 Å². The Morgan fingerprint density at radius 3 is 2.21 bits per heavy atom. The van der Waals surface area contributed by atoms with Crippen LogP contribution in [0.5, 0.6) is 0 Å². The second-order valence-corrected chi connectivity index (χ2v) is 8.54. The maximum Gasteiger partial charge on any atom is 0.335 e. The predicted molar refractivity (Wildman–Crippen MR) is 126 cm³/mol. The lowest BCUT2D eigenvalue weighted by atomic mass is 10.1. The summed E-state index contributed by atoms with van der Waals surface area (Å²) in [6.07, 6.45) is 1.40. The number of aromatic nitrogens is 1. The van der Waals surface area contributed by atoms with Gasteiger partial charge in [-0.25, -0.2) is 14.1 Å². The van der Waals surface area contributed by atoms with Crippen molar-refractivity contribution in [2.24, 2.45) is 0 Å². The fraction of sp³-hybridized carbons (Fsp3) is 0.0870. The molecule has 0 saturated carbocycles. The first-order chi connectivity index (χ1) is 15.6. The van der Waals surface area contributed by atoms with Crippen LogP contribution in [0.15, 0.2) is 48.0 Å². The van der Waals surface area contributed by atoms with Crippen molar-refractivity contribution in [3.05, 3.63) is 85.9 Å². The van der Waals surface area contributed by atoms with Gasteiger partial charge in [-0.1, -0.05) is 34.8 Å². The summed E-state index contributed by atoms with van der Waals surface area (Å²) in [6, 6.07) is 9.43. The van der Waals surface area contributed by atoms with Crippen molar-refractivity contribution in [2.75, 3.05) is 4.90 Å². The Hall–Kier alpha value is -3.13. The number of aryl methyl sites for hydroxylation is 1. The number of rotatable bonds is 3. The molecule has 1 fully saturated rings. The zero-order valence-electron chi connectivity index (χ0n) is 17.2. The lowest BCUT2D eigenvalue weighted by molar-refractivity contribution is -0.122. The molecule has 3 aromatic rings. The van der Waals surface area contributed by atoms with Crippen molar-refractivity contribution in [3.8, 4) is 5.69 Å². The third kappa shape index (κ3) is 4.15. The topological polar surface area (TPSA) is 71.4 Å². The number of nitrogens with zero attached hydrogens (tertiary/aromatic N) is 2. The lowest BCUT2D eigenvalue weighted by Crippen LogP contribution is -2.54. The average Bonchev–Trinajstić information content (AvgIpc) is 3.03. The number of hydrogen-bond acceptors (Lipinski definition) is 3. The summed E-state index contributed by atoms with van der Waals surface area (Å²) in [5.74, 6) is -2.17. The molecule has 10 heteroatoms. The van der Waals surface area contributed by atoms with Crippen molar-refractivity contribution in [1.82, 2.24) is 9.88 Å². The number of carbonyl (C=O) groups excluding carboxylic acids is 3. The van der Waals surface area contributed by atoms with E-state index in [1.54, 1.807) is 19.1 Å². The predicted octanol–water partition coefficient (Wildman–Crippen LogP) is 5.86. The smallest absolute Gasteiger partial charge is 0.318 e. The van der Waals surface area contributed by atoms with Crippen molar-refractivity contribution < 1.29 is 18.8 Å². The van der Waals surface area contributed by atoms with Gasteiger partial charge in [0, 0.05) is 17.1 Å². The molecule has 33 heavy (non-hydrogen) atoms. The van der Waals surface area contributed by atoms with E-state index in [1.165, 1.54) is 36.4 Å². The summed E-state index contributed by atoms with van der Waals surface area (Å²) in [4.78, 5) is 38.9. The molecule has 0 unspecified atom stereocenters. The Labute approximate surface area is 203 Å². The number of urea groups is 1. The van der Waals surface area contributed by atoms with Gasteiger partial charge in [-0.2, -0.15) is 0 Å². The van der Waals surface area contributed by atoms with Gasteiger partial charge in [-0.05, 0) is 68.0 Å². The van der Waals surface area contributed by atoms with Crippen LogP contribution in [-0.2, 0) is 9.59 Å². The molecule has 1 aromatic heterocycles. The van der Waals surface area contributed by atoms with Gasteiger partial charge in [0.25, 0.3) is 11.8 Å². The number of amides is 4. The third-order valence-electron chi connectivity index (χ3n) is 5.19.